The molecule has 0 bridgehead atoms. The van der Waals surface area contributed by atoms with Gasteiger partial charge in [0.05, 0.1) is 23.1 Å². The van der Waals surface area contributed by atoms with E-state index in [9.17, 15) is 9.18 Å². The van der Waals surface area contributed by atoms with E-state index in [1.165, 1.54) is 12.1 Å². The minimum absolute atomic E-state index is 0. The molecule has 0 saturated carbocycles. The third kappa shape index (κ3) is 4.78. The van der Waals surface area contributed by atoms with Gasteiger partial charge in [0, 0.05) is 16.6 Å². The van der Waals surface area contributed by atoms with Crippen LogP contribution in [0.3, 0.4) is 0 Å². The molecule has 1 saturated heterocycles. The smallest absolute Gasteiger partial charge is 0.259 e. The van der Waals surface area contributed by atoms with Crippen molar-refractivity contribution in [1.29, 1.82) is 0 Å². The van der Waals surface area contributed by atoms with E-state index in [1.54, 1.807) is 47.3 Å². The number of rotatable bonds is 4. The van der Waals surface area contributed by atoms with Crippen LogP contribution in [0.5, 0.6) is 0 Å². The summed E-state index contributed by atoms with van der Waals surface area (Å²) in [7, 11) is 0. The molecule has 2 heterocycles. The number of piperidine rings is 1. The molecule has 3 aromatic rings. The summed E-state index contributed by atoms with van der Waals surface area (Å²) in [6.45, 7) is 1.77. The first-order valence-corrected chi connectivity index (χ1v) is 9.61. The van der Waals surface area contributed by atoms with Crippen LogP contribution >= 0.6 is 24.0 Å². The van der Waals surface area contributed by atoms with Gasteiger partial charge in [-0.3, -0.25) is 4.79 Å². The minimum atomic E-state index is -0.306. The average molecular weight is 435 g/mol. The summed E-state index contributed by atoms with van der Waals surface area (Å²) in [6.07, 6.45) is 3.41. The van der Waals surface area contributed by atoms with Crippen LogP contribution in [-0.2, 0) is 0 Å². The van der Waals surface area contributed by atoms with E-state index in [0.717, 1.165) is 37.3 Å². The van der Waals surface area contributed by atoms with Crippen LogP contribution in [0.15, 0.2) is 54.7 Å². The lowest BCUT2D eigenvalue weighted by Crippen LogP contribution is -2.29. The van der Waals surface area contributed by atoms with E-state index in [0.29, 0.717) is 16.3 Å². The quantitative estimate of drug-likeness (QED) is 0.619. The number of nitrogens with one attached hydrogen (secondary N) is 2. The zero-order chi connectivity index (χ0) is 19.5. The van der Waals surface area contributed by atoms with Crippen LogP contribution in [0.1, 0.15) is 34.8 Å². The summed E-state index contributed by atoms with van der Waals surface area (Å²) in [4.78, 5) is 13.0. The molecule has 0 atom stereocenters. The van der Waals surface area contributed by atoms with Gasteiger partial charge >= 0.3 is 0 Å². The Balaban J connectivity index is 0.00000240. The third-order valence-corrected chi connectivity index (χ3v) is 5.20. The standard InChI is InChI=1S/C21H20ClFN4O.ClH/c22-15-1-5-17(6-2-15)26-21(28)19-13-25-27(18-7-3-16(23)4-8-18)20(19)14-9-11-24-12-10-14;/h1-8,13-14,24H,9-12H2,(H,26,28);1H. The maximum Gasteiger partial charge on any atom is 0.259 e. The first-order chi connectivity index (χ1) is 13.6. The molecule has 0 spiro atoms. The maximum atomic E-state index is 13.4. The molecule has 1 aliphatic rings. The molecular weight excluding hydrogens is 414 g/mol. The van der Waals surface area contributed by atoms with Crippen molar-refractivity contribution < 1.29 is 9.18 Å². The lowest BCUT2D eigenvalue weighted by molar-refractivity contribution is 0.102. The highest BCUT2D eigenvalue weighted by atomic mass is 35.5. The second kappa shape index (κ2) is 9.39. The number of nitrogens with zero attached hydrogens (tertiary/aromatic N) is 2. The lowest BCUT2D eigenvalue weighted by atomic mass is 9.91. The van der Waals surface area contributed by atoms with E-state index in [1.807, 2.05) is 0 Å². The molecule has 152 valence electrons. The van der Waals surface area contributed by atoms with Gasteiger partial charge in [0.25, 0.3) is 5.91 Å². The van der Waals surface area contributed by atoms with Gasteiger partial charge in [-0.2, -0.15) is 5.10 Å². The Kier molecular flexibility index (Phi) is 6.90. The monoisotopic (exact) mass is 434 g/mol. The van der Waals surface area contributed by atoms with E-state index in [4.69, 9.17) is 11.6 Å². The number of benzene rings is 2. The Hall–Kier alpha value is -2.41. The van der Waals surface area contributed by atoms with E-state index in [2.05, 4.69) is 15.7 Å². The van der Waals surface area contributed by atoms with Gasteiger partial charge in [-0.25, -0.2) is 9.07 Å². The topological polar surface area (TPSA) is 59.0 Å². The lowest BCUT2D eigenvalue weighted by Gasteiger charge is -2.24. The Morgan fingerprint density at radius 3 is 2.41 bits per heavy atom. The fourth-order valence-electron chi connectivity index (χ4n) is 3.54. The van der Waals surface area contributed by atoms with Crippen molar-refractivity contribution >= 4 is 35.6 Å². The summed E-state index contributed by atoms with van der Waals surface area (Å²) in [5.74, 6) is -0.330. The summed E-state index contributed by atoms with van der Waals surface area (Å²) >= 11 is 5.92. The van der Waals surface area contributed by atoms with Crippen molar-refractivity contribution in [2.24, 2.45) is 0 Å². The molecule has 0 unspecified atom stereocenters. The number of amides is 1. The van der Waals surface area contributed by atoms with Crippen molar-refractivity contribution in [3.63, 3.8) is 0 Å². The van der Waals surface area contributed by atoms with Gasteiger partial charge in [-0.15, -0.1) is 12.4 Å². The fourth-order valence-corrected chi connectivity index (χ4v) is 3.67. The number of halogens is 3. The first kappa shape index (κ1) is 21.3. The van der Waals surface area contributed by atoms with Crippen LogP contribution in [-0.4, -0.2) is 28.8 Å². The predicted octanol–water partition coefficient (Wildman–Crippen LogP) is 4.81. The average Bonchev–Trinajstić information content (AvgIpc) is 3.16. The van der Waals surface area contributed by atoms with Gasteiger partial charge < -0.3 is 10.6 Å². The molecule has 2 aromatic carbocycles. The fraction of sp³-hybridized carbons (Fsp3) is 0.238. The number of hydrogen-bond acceptors (Lipinski definition) is 3. The van der Waals surface area contributed by atoms with Crippen molar-refractivity contribution in [1.82, 2.24) is 15.1 Å². The molecule has 0 aliphatic carbocycles. The highest BCUT2D eigenvalue weighted by molar-refractivity contribution is 6.30. The molecular formula is C21H21Cl2FN4O. The molecule has 8 heteroatoms. The summed E-state index contributed by atoms with van der Waals surface area (Å²) in [5.41, 5.74) is 2.80. The zero-order valence-corrected chi connectivity index (χ0v) is 17.1. The molecule has 5 nitrogen and oxygen atoms in total. The second-order valence-corrected chi connectivity index (χ2v) is 7.25. The highest BCUT2D eigenvalue weighted by Gasteiger charge is 2.27. The molecule has 1 aromatic heterocycles. The molecule has 1 fully saturated rings. The normalized spacial score (nSPS) is 14.3. The predicted molar refractivity (Wildman–Crippen MR) is 115 cm³/mol. The molecule has 29 heavy (non-hydrogen) atoms. The number of hydrogen-bond donors (Lipinski definition) is 2. The second-order valence-electron chi connectivity index (χ2n) is 6.82. The number of carbonyl (C=O) groups is 1. The van der Waals surface area contributed by atoms with Crippen molar-refractivity contribution in [2.75, 3.05) is 18.4 Å². The highest BCUT2D eigenvalue weighted by Crippen LogP contribution is 2.30. The zero-order valence-electron chi connectivity index (χ0n) is 15.6. The molecule has 1 aliphatic heterocycles. The summed E-state index contributed by atoms with van der Waals surface area (Å²) in [5, 5.41) is 11.3. The first-order valence-electron chi connectivity index (χ1n) is 9.23. The molecule has 4 rings (SSSR count). The van der Waals surface area contributed by atoms with Gasteiger partial charge in [-0.1, -0.05) is 11.6 Å². The Labute approximate surface area is 179 Å². The third-order valence-electron chi connectivity index (χ3n) is 4.95. The van der Waals surface area contributed by atoms with E-state index in [-0.39, 0.29) is 30.0 Å². The largest absolute Gasteiger partial charge is 0.322 e. The Morgan fingerprint density at radius 1 is 1.10 bits per heavy atom. The molecule has 0 radical (unpaired) electrons. The van der Waals surface area contributed by atoms with Gasteiger partial charge in [0.2, 0.25) is 0 Å². The van der Waals surface area contributed by atoms with Crippen LogP contribution in [0, 0.1) is 5.82 Å². The molecule has 2 N–H and O–H groups in total. The van der Waals surface area contributed by atoms with Gasteiger partial charge in [0.1, 0.15) is 5.82 Å². The van der Waals surface area contributed by atoms with E-state index >= 15 is 0 Å². The van der Waals surface area contributed by atoms with E-state index < -0.39 is 0 Å². The number of carbonyl (C=O) groups excluding carboxylic acids is 1. The van der Waals surface area contributed by atoms with Gasteiger partial charge in [-0.05, 0) is 74.5 Å². The number of anilines is 1. The summed E-state index contributed by atoms with van der Waals surface area (Å²) in [6, 6.07) is 13.1. The SMILES string of the molecule is Cl.O=C(Nc1ccc(Cl)cc1)c1cnn(-c2ccc(F)cc2)c1C1CCNCC1. The van der Waals surface area contributed by atoms with Crippen LogP contribution < -0.4 is 10.6 Å². The van der Waals surface area contributed by atoms with Crippen LogP contribution in [0.2, 0.25) is 5.02 Å². The van der Waals surface area contributed by atoms with Crippen molar-refractivity contribution in [2.45, 2.75) is 18.8 Å². The summed E-state index contributed by atoms with van der Waals surface area (Å²) < 4.78 is 15.1. The Bertz CT molecular complexity index is 967. The number of aromatic nitrogens is 2. The molecule has 1 amide bonds. The van der Waals surface area contributed by atoms with Crippen LogP contribution in [0.25, 0.3) is 5.69 Å². The Morgan fingerprint density at radius 2 is 1.76 bits per heavy atom. The van der Waals surface area contributed by atoms with Gasteiger partial charge in [0.15, 0.2) is 0 Å². The van der Waals surface area contributed by atoms with Crippen LogP contribution in [0.4, 0.5) is 10.1 Å². The maximum absolute atomic E-state index is 13.4. The van der Waals surface area contributed by atoms with Crippen molar-refractivity contribution in [3.05, 3.63) is 76.8 Å². The minimum Gasteiger partial charge on any atom is -0.322 e. The van der Waals surface area contributed by atoms with Crippen molar-refractivity contribution in [3.8, 4) is 5.69 Å².